The molecule has 1 fully saturated rings. The van der Waals surface area contributed by atoms with Crippen LogP contribution in [0.4, 0.5) is 0 Å². The van der Waals surface area contributed by atoms with Gasteiger partial charge in [0.2, 0.25) is 0 Å². The standard InChI is InChI=1S/C16H20N2O3/c1-9-5-13(9)8-20-16(19)14-6-10(2)18(12(14)4)15-7-11(3)21-17-15/h6-7,9,13H,5,8H2,1-4H3. The Morgan fingerprint density at radius 3 is 2.71 bits per heavy atom. The first-order valence-electron chi connectivity index (χ1n) is 7.27. The topological polar surface area (TPSA) is 57.3 Å². The van der Waals surface area contributed by atoms with E-state index in [1.807, 2.05) is 37.5 Å². The first kappa shape index (κ1) is 13.9. The van der Waals surface area contributed by atoms with Gasteiger partial charge in [0.15, 0.2) is 5.82 Å². The number of hydrogen-bond donors (Lipinski definition) is 0. The van der Waals surface area contributed by atoms with E-state index in [1.165, 1.54) is 0 Å². The SMILES string of the molecule is Cc1cc(-n2c(C)cc(C(=O)OCC3CC3C)c2C)no1. The maximum absolute atomic E-state index is 12.2. The van der Waals surface area contributed by atoms with Crippen molar-refractivity contribution in [2.24, 2.45) is 11.8 Å². The Labute approximate surface area is 123 Å². The third-order valence-electron chi connectivity index (χ3n) is 4.20. The molecule has 1 aliphatic carbocycles. The molecule has 2 aromatic heterocycles. The summed E-state index contributed by atoms with van der Waals surface area (Å²) in [5.41, 5.74) is 2.36. The maximum atomic E-state index is 12.2. The second kappa shape index (κ2) is 5.06. The number of rotatable bonds is 4. The van der Waals surface area contributed by atoms with Crippen LogP contribution >= 0.6 is 0 Å². The monoisotopic (exact) mass is 288 g/mol. The Hall–Kier alpha value is -2.04. The molecule has 2 heterocycles. The molecule has 0 N–H and O–H groups in total. The normalized spacial score (nSPS) is 20.6. The lowest BCUT2D eigenvalue weighted by Gasteiger charge is -2.06. The summed E-state index contributed by atoms with van der Waals surface area (Å²) in [6.45, 7) is 8.38. The van der Waals surface area contributed by atoms with Gasteiger partial charge >= 0.3 is 5.97 Å². The van der Waals surface area contributed by atoms with E-state index < -0.39 is 0 Å². The number of carbonyl (C=O) groups excluding carboxylic acids is 1. The first-order chi connectivity index (χ1) is 9.97. The molecule has 3 rings (SSSR count). The molecule has 21 heavy (non-hydrogen) atoms. The number of ether oxygens (including phenoxy) is 1. The van der Waals surface area contributed by atoms with Gasteiger partial charge in [0.25, 0.3) is 0 Å². The number of hydrogen-bond acceptors (Lipinski definition) is 4. The largest absolute Gasteiger partial charge is 0.462 e. The van der Waals surface area contributed by atoms with Gasteiger partial charge in [-0.2, -0.15) is 0 Å². The van der Waals surface area contributed by atoms with Crippen molar-refractivity contribution in [3.05, 3.63) is 34.8 Å². The summed E-state index contributed by atoms with van der Waals surface area (Å²) in [4.78, 5) is 12.2. The van der Waals surface area contributed by atoms with Crippen LogP contribution in [0.15, 0.2) is 16.7 Å². The molecule has 1 saturated carbocycles. The number of aryl methyl sites for hydroxylation is 2. The van der Waals surface area contributed by atoms with Gasteiger partial charge < -0.3 is 9.26 Å². The van der Waals surface area contributed by atoms with Crippen molar-refractivity contribution in [3.63, 3.8) is 0 Å². The Bertz CT molecular complexity index is 684. The highest BCUT2D eigenvalue weighted by Crippen LogP contribution is 2.37. The first-order valence-corrected chi connectivity index (χ1v) is 7.27. The van der Waals surface area contributed by atoms with Crippen LogP contribution in [0.3, 0.4) is 0 Å². The van der Waals surface area contributed by atoms with Crippen LogP contribution < -0.4 is 0 Å². The zero-order valence-electron chi connectivity index (χ0n) is 12.8. The predicted molar refractivity (Wildman–Crippen MR) is 77.6 cm³/mol. The fraction of sp³-hybridized carbons (Fsp3) is 0.500. The molecule has 112 valence electrons. The van der Waals surface area contributed by atoms with Gasteiger partial charge in [-0.05, 0) is 45.1 Å². The zero-order valence-corrected chi connectivity index (χ0v) is 12.8. The number of esters is 1. The van der Waals surface area contributed by atoms with E-state index in [0.717, 1.165) is 23.6 Å². The number of nitrogens with zero attached hydrogens (tertiary/aromatic N) is 2. The Morgan fingerprint density at radius 1 is 1.43 bits per heavy atom. The third-order valence-corrected chi connectivity index (χ3v) is 4.20. The summed E-state index contributed by atoms with van der Waals surface area (Å²) in [6, 6.07) is 3.69. The van der Waals surface area contributed by atoms with Gasteiger partial charge in [-0.15, -0.1) is 0 Å². The highest BCUT2D eigenvalue weighted by Gasteiger charge is 2.34. The molecule has 0 amide bonds. The summed E-state index contributed by atoms with van der Waals surface area (Å²) in [5.74, 6) is 2.40. The fourth-order valence-corrected chi connectivity index (χ4v) is 2.67. The summed E-state index contributed by atoms with van der Waals surface area (Å²) in [5, 5.41) is 4.01. The minimum absolute atomic E-state index is 0.256. The molecule has 0 radical (unpaired) electrons. The van der Waals surface area contributed by atoms with Gasteiger partial charge in [0.1, 0.15) is 5.76 Å². The molecule has 2 unspecified atom stereocenters. The van der Waals surface area contributed by atoms with E-state index in [0.29, 0.717) is 29.8 Å². The molecule has 2 atom stereocenters. The van der Waals surface area contributed by atoms with Crippen LogP contribution in [-0.4, -0.2) is 22.3 Å². The summed E-state index contributed by atoms with van der Waals surface area (Å²) < 4.78 is 12.4. The van der Waals surface area contributed by atoms with Crippen LogP contribution in [0.1, 0.15) is 40.9 Å². The molecule has 0 saturated heterocycles. The van der Waals surface area contributed by atoms with E-state index in [1.54, 1.807) is 0 Å². The molecule has 2 aromatic rings. The van der Waals surface area contributed by atoms with Crippen molar-refractivity contribution >= 4 is 5.97 Å². The molecule has 0 spiro atoms. The lowest BCUT2D eigenvalue weighted by Crippen LogP contribution is -2.09. The van der Waals surface area contributed by atoms with E-state index in [4.69, 9.17) is 9.26 Å². The molecule has 1 aliphatic rings. The minimum Gasteiger partial charge on any atom is -0.462 e. The van der Waals surface area contributed by atoms with Crippen molar-refractivity contribution < 1.29 is 14.1 Å². The fourth-order valence-electron chi connectivity index (χ4n) is 2.67. The van der Waals surface area contributed by atoms with E-state index >= 15 is 0 Å². The zero-order chi connectivity index (χ0) is 15.1. The minimum atomic E-state index is -0.256. The highest BCUT2D eigenvalue weighted by molar-refractivity contribution is 5.91. The van der Waals surface area contributed by atoms with Gasteiger partial charge in [-0.25, -0.2) is 4.79 Å². The molecular weight excluding hydrogens is 268 g/mol. The smallest absolute Gasteiger partial charge is 0.339 e. The van der Waals surface area contributed by atoms with Crippen LogP contribution in [-0.2, 0) is 4.74 Å². The second-order valence-corrected chi connectivity index (χ2v) is 5.99. The van der Waals surface area contributed by atoms with Gasteiger partial charge in [0.05, 0.1) is 12.2 Å². The number of aromatic nitrogens is 2. The summed E-state index contributed by atoms with van der Waals surface area (Å²) in [6.07, 6.45) is 1.16. The molecule has 5 heteroatoms. The maximum Gasteiger partial charge on any atom is 0.339 e. The van der Waals surface area contributed by atoms with Gasteiger partial charge in [-0.3, -0.25) is 4.57 Å². The average Bonchev–Trinajstić information content (AvgIpc) is 2.82. The third kappa shape index (κ3) is 2.60. The van der Waals surface area contributed by atoms with Crippen LogP contribution in [0.25, 0.3) is 5.82 Å². The van der Waals surface area contributed by atoms with E-state index in [2.05, 4.69) is 12.1 Å². The Morgan fingerprint density at radius 2 is 2.14 bits per heavy atom. The summed E-state index contributed by atoms with van der Waals surface area (Å²) >= 11 is 0. The van der Waals surface area contributed by atoms with Gasteiger partial charge in [-0.1, -0.05) is 12.1 Å². The molecule has 5 nitrogen and oxygen atoms in total. The summed E-state index contributed by atoms with van der Waals surface area (Å²) in [7, 11) is 0. The Balaban J connectivity index is 1.81. The van der Waals surface area contributed by atoms with Crippen molar-refractivity contribution in [3.8, 4) is 5.82 Å². The predicted octanol–water partition coefficient (Wildman–Crippen LogP) is 3.20. The average molecular weight is 288 g/mol. The molecule has 0 bridgehead atoms. The van der Waals surface area contributed by atoms with Crippen LogP contribution in [0, 0.1) is 32.6 Å². The number of carbonyl (C=O) groups is 1. The quantitative estimate of drug-likeness (QED) is 0.811. The van der Waals surface area contributed by atoms with Crippen LogP contribution in [0.2, 0.25) is 0 Å². The molecule has 0 aromatic carbocycles. The van der Waals surface area contributed by atoms with E-state index in [9.17, 15) is 4.79 Å². The lowest BCUT2D eigenvalue weighted by molar-refractivity contribution is 0.0480. The van der Waals surface area contributed by atoms with Crippen molar-refractivity contribution in [2.75, 3.05) is 6.61 Å². The van der Waals surface area contributed by atoms with E-state index in [-0.39, 0.29) is 5.97 Å². The molecular formula is C16H20N2O3. The van der Waals surface area contributed by atoms with Crippen molar-refractivity contribution in [1.82, 2.24) is 9.72 Å². The highest BCUT2D eigenvalue weighted by atomic mass is 16.5. The van der Waals surface area contributed by atoms with Gasteiger partial charge in [0, 0.05) is 17.5 Å². The molecule has 0 aliphatic heterocycles. The van der Waals surface area contributed by atoms with Crippen molar-refractivity contribution in [2.45, 2.75) is 34.1 Å². The van der Waals surface area contributed by atoms with Crippen molar-refractivity contribution in [1.29, 1.82) is 0 Å². The Kier molecular flexibility index (Phi) is 3.35. The second-order valence-electron chi connectivity index (χ2n) is 5.99. The van der Waals surface area contributed by atoms with Crippen LogP contribution in [0.5, 0.6) is 0 Å². The lowest BCUT2D eigenvalue weighted by atomic mass is 10.2.